The van der Waals surface area contributed by atoms with Gasteiger partial charge in [0.1, 0.15) is 0 Å². The molecular weight excluding hydrogens is 224 g/mol. The summed E-state index contributed by atoms with van der Waals surface area (Å²) in [5.41, 5.74) is 0.260. The van der Waals surface area contributed by atoms with E-state index in [-0.39, 0.29) is 29.6 Å². The second-order valence-corrected chi connectivity index (χ2v) is 5.62. The molecule has 3 nitrogen and oxygen atoms in total. The Morgan fingerprint density at radius 1 is 1.50 bits per heavy atom. The lowest BCUT2D eigenvalue weighted by molar-refractivity contribution is -0.122. The molecule has 2 rings (SSSR count). The molecule has 0 aromatic heterocycles. The first-order valence-corrected chi connectivity index (χ1v) is 6.11. The van der Waals surface area contributed by atoms with Gasteiger partial charge in [0.2, 0.25) is 5.91 Å². The third-order valence-electron chi connectivity index (χ3n) is 3.78. The van der Waals surface area contributed by atoms with Gasteiger partial charge in [-0.25, -0.2) is 0 Å². The molecule has 0 bridgehead atoms. The third kappa shape index (κ3) is 3.36. The second-order valence-electron chi connectivity index (χ2n) is 5.62. The Balaban J connectivity index is 0.00000128. The van der Waals surface area contributed by atoms with Crippen molar-refractivity contribution < 1.29 is 4.79 Å². The predicted octanol–water partition coefficient (Wildman–Crippen LogP) is 1.71. The average Bonchev–Trinajstić information content (AvgIpc) is 2.65. The maximum absolute atomic E-state index is 11.7. The molecule has 1 saturated heterocycles. The highest BCUT2D eigenvalue weighted by molar-refractivity contribution is 5.85. The fraction of sp³-hybridized carbons (Fsp3) is 0.917. The van der Waals surface area contributed by atoms with E-state index in [2.05, 4.69) is 24.5 Å². The van der Waals surface area contributed by atoms with Gasteiger partial charge in [0, 0.05) is 18.5 Å². The minimum absolute atomic E-state index is 0. The Kier molecular flexibility index (Phi) is 4.62. The standard InChI is InChI=1S/C12H22N2O.ClH/c1-12(2)8-10(12)11(15)14-7-5-9-4-3-6-13-9;/h9-10,13H,3-8H2,1-2H3,(H,14,15);1H/t9-,10?;/m1./s1. The zero-order valence-corrected chi connectivity index (χ0v) is 11.0. The quantitative estimate of drug-likeness (QED) is 0.793. The van der Waals surface area contributed by atoms with Crippen LogP contribution in [0.5, 0.6) is 0 Å². The average molecular weight is 247 g/mol. The number of nitrogens with one attached hydrogen (secondary N) is 2. The molecule has 4 heteroatoms. The van der Waals surface area contributed by atoms with Gasteiger partial charge in [-0.05, 0) is 37.6 Å². The molecule has 0 aromatic carbocycles. The molecule has 1 aliphatic carbocycles. The lowest BCUT2D eigenvalue weighted by Gasteiger charge is -2.11. The van der Waals surface area contributed by atoms with Crippen molar-refractivity contribution in [2.75, 3.05) is 13.1 Å². The summed E-state index contributed by atoms with van der Waals surface area (Å²) < 4.78 is 0. The van der Waals surface area contributed by atoms with Crippen molar-refractivity contribution in [3.63, 3.8) is 0 Å². The third-order valence-corrected chi connectivity index (χ3v) is 3.78. The molecule has 1 unspecified atom stereocenters. The summed E-state index contributed by atoms with van der Waals surface area (Å²) in [7, 11) is 0. The molecule has 1 heterocycles. The first-order chi connectivity index (χ1) is 7.09. The van der Waals surface area contributed by atoms with Crippen LogP contribution in [0, 0.1) is 11.3 Å². The largest absolute Gasteiger partial charge is 0.356 e. The zero-order chi connectivity index (χ0) is 10.9. The highest BCUT2D eigenvalue weighted by Crippen LogP contribution is 2.51. The van der Waals surface area contributed by atoms with Gasteiger partial charge in [-0.2, -0.15) is 0 Å². The number of rotatable bonds is 4. The van der Waals surface area contributed by atoms with Crippen LogP contribution in [0.1, 0.15) is 39.5 Å². The van der Waals surface area contributed by atoms with Crippen LogP contribution in [-0.4, -0.2) is 25.0 Å². The van der Waals surface area contributed by atoms with Crippen molar-refractivity contribution in [1.82, 2.24) is 10.6 Å². The summed E-state index contributed by atoms with van der Waals surface area (Å²) in [5, 5.41) is 6.49. The van der Waals surface area contributed by atoms with Crippen LogP contribution in [0.4, 0.5) is 0 Å². The van der Waals surface area contributed by atoms with Crippen molar-refractivity contribution in [3.05, 3.63) is 0 Å². The van der Waals surface area contributed by atoms with E-state index in [1.807, 2.05) is 0 Å². The molecule has 2 atom stereocenters. The molecule has 1 amide bonds. The summed E-state index contributed by atoms with van der Waals surface area (Å²) in [6.45, 7) is 6.31. The van der Waals surface area contributed by atoms with Gasteiger partial charge in [0.25, 0.3) is 0 Å². The van der Waals surface area contributed by atoms with E-state index in [0.29, 0.717) is 6.04 Å². The van der Waals surface area contributed by atoms with Crippen LogP contribution in [0.25, 0.3) is 0 Å². The van der Waals surface area contributed by atoms with Crippen molar-refractivity contribution in [2.45, 2.75) is 45.6 Å². The van der Waals surface area contributed by atoms with Crippen LogP contribution in [0.2, 0.25) is 0 Å². The van der Waals surface area contributed by atoms with E-state index in [0.717, 1.165) is 25.9 Å². The number of halogens is 1. The highest BCUT2D eigenvalue weighted by atomic mass is 35.5. The molecule has 0 aromatic rings. The van der Waals surface area contributed by atoms with Crippen LogP contribution < -0.4 is 10.6 Å². The molecule has 0 radical (unpaired) electrons. The Morgan fingerprint density at radius 2 is 2.19 bits per heavy atom. The zero-order valence-electron chi connectivity index (χ0n) is 10.2. The highest BCUT2D eigenvalue weighted by Gasteiger charge is 2.50. The summed E-state index contributed by atoms with van der Waals surface area (Å²) in [6.07, 6.45) is 4.69. The number of hydrogen-bond acceptors (Lipinski definition) is 2. The number of hydrogen-bond donors (Lipinski definition) is 2. The number of amides is 1. The molecule has 1 aliphatic heterocycles. The van der Waals surface area contributed by atoms with Crippen LogP contribution in [0.15, 0.2) is 0 Å². The van der Waals surface area contributed by atoms with Gasteiger partial charge in [-0.1, -0.05) is 13.8 Å². The molecule has 2 fully saturated rings. The maximum Gasteiger partial charge on any atom is 0.223 e. The van der Waals surface area contributed by atoms with E-state index in [4.69, 9.17) is 0 Å². The Hall–Kier alpha value is -0.280. The summed E-state index contributed by atoms with van der Waals surface area (Å²) in [4.78, 5) is 11.7. The number of carbonyl (C=O) groups excluding carboxylic acids is 1. The predicted molar refractivity (Wildman–Crippen MR) is 67.8 cm³/mol. The van der Waals surface area contributed by atoms with Crippen LogP contribution in [-0.2, 0) is 4.79 Å². The van der Waals surface area contributed by atoms with Crippen LogP contribution >= 0.6 is 12.4 Å². The molecule has 2 aliphatic rings. The molecule has 1 saturated carbocycles. The second kappa shape index (κ2) is 5.37. The fourth-order valence-electron chi connectivity index (χ4n) is 2.41. The van der Waals surface area contributed by atoms with E-state index >= 15 is 0 Å². The van der Waals surface area contributed by atoms with Gasteiger partial charge in [0.15, 0.2) is 0 Å². The SMILES string of the molecule is CC1(C)CC1C(=O)NCC[C@H]1CCCN1.Cl. The maximum atomic E-state index is 11.7. The fourth-order valence-corrected chi connectivity index (χ4v) is 2.41. The smallest absolute Gasteiger partial charge is 0.223 e. The van der Waals surface area contributed by atoms with Crippen molar-refractivity contribution in [3.8, 4) is 0 Å². The summed E-state index contributed by atoms with van der Waals surface area (Å²) in [6, 6.07) is 0.637. The first kappa shape index (κ1) is 13.8. The molecule has 0 spiro atoms. The normalized spacial score (nSPS) is 30.6. The Labute approximate surface area is 104 Å². The van der Waals surface area contributed by atoms with E-state index < -0.39 is 0 Å². The molecule has 16 heavy (non-hydrogen) atoms. The van der Waals surface area contributed by atoms with E-state index in [1.54, 1.807) is 0 Å². The van der Waals surface area contributed by atoms with Gasteiger partial charge in [-0.15, -0.1) is 12.4 Å². The van der Waals surface area contributed by atoms with Gasteiger partial charge in [-0.3, -0.25) is 4.79 Å². The first-order valence-electron chi connectivity index (χ1n) is 6.11. The Bertz CT molecular complexity index is 249. The summed E-state index contributed by atoms with van der Waals surface area (Å²) in [5.74, 6) is 0.534. The lowest BCUT2D eigenvalue weighted by atomic mass is 10.1. The van der Waals surface area contributed by atoms with E-state index in [9.17, 15) is 4.79 Å². The monoisotopic (exact) mass is 246 g/mol. The van der Waals surface area contributed by atoms with Crippen LogP contribution in [0.3, 0.4) is 0 Å². The topological polar surface area (TPSA) is 41.1 Å². The minimum Gasteiger partial charge on any atom is -0.356 e. The van der Waals surface area contributed by atoms with Crippen molar-refractivity contribution >= 4 is 18.3 Å². The van der Waals surface area contributed by atoms with Gasteiger partial charge in [0.05, 0.1) is 0 Å². The molecule has 2 N–H and O–H groups in total. The lowest BCUT2D eigenvalue weighted by Crippen LogP contribution is -2.32. The van der Waals surface area contributed by atoms with Crippen molar-refractivity contribution in [2.24, 2.45) is 11.3 Å². The Morgan fingerprint density at radius 3 is 2.69 bits per heavy atom. The molecule has 94 valence electrons. The van der Waals surface area contributed by atoms with E-state index in [1.165, 1.54) is 12.8 Å². The number of carbonyl (C=O) groups is 1. The summed E-state index contributed by atoms with van der Waals surface area (Å²) >= 11 is 0. The van der Waals surface area contributed by atoms with Gasteiger partial charge < -0.3 is 10.6 Å². The van der Waals surface area contributed by atoms with Gasteiger partial charge >= 0.3 is 0 Å². The molecular formula is C12H23ClN2O. The van der Waals surface area contributed by atoms with Crippen molar-refractivity contribution in [1.29, 1.82) is 0 Å². The minimum atomic E-state index is 0.